The van der Waals surface area contributed by atoms with E-state index in [0.29, 0.717) is 12.6 Å². The van der Waals surface area contributed by atoms with Crippen molar-refractivity contribution >= 4 is 0 Å². The lowest BCUT2D eigenvalue weighted by atomic mass is 10.1. The normalized spacial score (nSPS) is 14.1. The highest BCUT2D eigenvalue weighted by Crippen LogP contribution is 1.98. The number of aliphatic hydroxyl groups is 1. The van der Waals surface area contributed by atoms with Crippen LogP contribution in [0.1, 0.15) is 27.7 Å². The monoisotopic (exact) mass is 189 g/mol. The summed E-state index contributed by atoms with van der Waals surface area (Å²) in [5, 5.41) is 12.3. The summed E-state index contributed by atoms with van der Waals surface area (Å²) in [4.78, 5) is 0. The highest BCUT2D eigenvalue weighted by Gasteiger charge is 2.08. The van der Waals surface area contributed by atoms with Gasteiger partial charge in [-0.15, -0.1) is 0 Å². The molecule has 3 nitrogen and oxygen atoms in total. The van der Waals surface area contributed by atoms with Crippen LogP contribution >= 0.6 is 0 Å². The zero-order valence-electron chi connectivity index (χ0n) is 9.21. The number of hydrogen-bond acceptors (Lipinski definition) is 3. The molecule has 0 heterocycles. The lowest BCUT2D eigenvalue weighted by Crippen LogP contribution is -2.33. The van der Waals surface area contributed by atoms with E-state index in [-0.39, 0.29) is 18.6 Å². The molecule has 0 aromatic rings. The van der Waals surface area contributed by atoms with Gasteiger partial charge in [-0.3, -0.25) is 0 Å². The summed E-state index contributed by atoms with van der Waals surface area (Å²) in [5.41, 5.74) is 0. The van der Waals surface area contributed by atoms with Crippen LogP contribution in [0.2, 0.25) is 0 Å². The first-order valence-corrected chi connectivity index (χ1v) is 5.02. The Kier molecular flexibility index (Phi) is 7.23. The fraction of sp³-hybridized carbons (Fsp3) is 1.00. The standard InChI is InChI=1S/C10H23NO2/c1-8(2)11-5-10(6-12)7-13-9(3)4/h8-12H,5-7H2,1-4H3. The maximum absolute atomic E-state index is 9.03. The van der Waals surface area contributed by atoms with Gasteiger partial charge in [0.15, 0.2) is 0 Å². The van der Waals surface area contributed by atoms with E-state index in [1.54, 1.807) is 0 Å². The summed E-state index contributed by atoms with van der Waals surface area (Å²) >= 11 is 0. The molecule has 0 aliphatic carbocycles. The molecule has 0 spiro atoms. The Morgan fingerprint density at radius 2 is 1.85 bits per heavy atom. The van der Waals surface area contributed by atoms with Crippen LogP contribution in [0.4, 0.5) is 0 Å². The summed E-state index contributed by atoms with van der Waals surface area (Å²) < 4.78 is 5.43. The van der Waals surface area contributed by atoms with Crippen LogP contribution in [0.15, 0.2) is 0 Å². The van der Waals surface area contributed by atoms with Gasteiger partial charge in [0.2, 0.25) is 0 Å². The van der Waals surface area contributed by atoms with E-state index in [1.165, 1.54) is 0 Å². The second kappa shape index (κ2) is 7.30. The molecule has 2 N–H and O–H groups in total. The third-order valence-corrected chi connectivity index (χ3v) is 1.74. The molecular weight excluding hydrogens is 166 g/mol. The number of rotatable bonds is 7. The minimum absolute atomic E-state index is 0.187. The van der Waals surface area contributed by atoms with Crippen molar-refractivity contribution in [1.82, 2.24) is 5.32 Å². The fourth-order valence-electron chi connectivity index (χ4n) is 0.907. The molecule has 0 aromatic heterocycles. The molecule has 80 valence electrons. The molecule has 0 fully saturated rings. The van der Waals surface area contributed by atoms with Gasteiger partial charge in [0.05, 0.1) is 12.7 Å². The van der Waals surface area contributed by atoms with Gasteiger partial charge in [-0.25, -0.2) is 0 Å². The van der Waals surface area contributed by atoms with Crippen LogP contribution in [0.5, 0.6) is 0 Å². The number of ether oxygens (including phenoxy) is 1. The van der Waals surface area contributed by atoms with E-state index in [0.717, 1.165) is 6.54 Å². The van der Waals surface area contributed by atoms with Crippen molar-refractivity contribution in [2.45, 2.75) is 39.8 Å². The minimum Gasteiger partial charge on any atom is -0.396 e. The van der Waals surface area contributed by atoms with E-state index in [1.807, 2.05) is 13.8 Å². The van der Waals surface area contributed by atoms with E-state index >= 15 is 0 Å². The van der Waals surface area contributed by atoms with Gasteiger partial charge in [-0.1, -0.05) is 13.8 Å². The summed E-state index contributed by atoms with van der Waals surface area (Å²) in [6.45, 7) is 9.84. The maximum atomic E-state index is 9.03. The Morgan fingerprint density at radius 3 is 2.23 bits per heavy atom. The first-order valence-electron chi connectivity index (χ1n) is 5.02. The molecule has 1 unspecified atom stereocenters. The van der Waals surface area contributed by atoms with Crippen molar-refractivity contribution in [2.75, 3.05) is 19.8 Å². The van der Waals surface area contributed by atoms with Gasteiger partial charge in [0.1, 0.15) is 0 Å². The third kappa shape index (κ3) is 8.22. The van der Waals surface area contributed by atoms with Gasteiger partial charge >= 0.3 is 0 Å². The van der Waals surface area contributed by atoms with E-state index in [4.69, 9.17) is 9.84 Å². The quantitative estimate of drug-likeness (QED) is 0.628. The van der Waals surface area contributed by atoms with Crippen LogP contribution in [0.3, 0.4) is 0 Å². The molecule has 0 amide bonds. The molecule has 0 aromatic carbocycles. The first kappa shape index (κ1) is 12.9. The fourth-order valence-corrected chi connectivity index (χ4v) is 0.907. The topological polar surface area (TPSA) is 41.5 Å². The SMILES string of the molecule is CC(C)NCC(CO)COC(C)C. The van der Waals surface area contributed by atoms with Crippen molar-refractivity contribution in [3.8, 4) is 0 Å². The summed E-state index contributed by atoms with van der Waals surface area (Å²) in [7, 11) is 0. The lowest BCUT2D eigenvalue weighted by Gasteiger charge is -2.18. The number of hydrogen-bond donors (Lipinski definition) is 2. The van der Waals surface area contributed by atoms with Crippen molar-refractivity contribution in [3.05, 3.63) is 0 Å². The molecule has 0 saturated heterocycles. The molecule has 0 rings (SSSR count). The average molecular weight is 189 g/mol. The molecule has 0 radical (unpaired) electrons. The van der Waals surface area contributed by atoms with Gasteiger partial charge in [-0.05, 0) is 13.8 Å². The van der Waals surface area contributed by atoms with Crippen LogP contribution in [0.25, 0.3) is 0 Å². The molecule has 1 atom stereocenters. The van der Waals surface area contributed by atoms with Gasteiger partial charge in [0, 0.05) is 25.1 Å². The largest absolute Gasteiger partial charge is 0.396 e. The molecular formula is C10H23NO2. The van der Waals surface area contributed by atoms with E-state index < -0.39 is 0 Å². The number of nitrogens with one attached hydrogen (secondary N) is 1. The van der Waals surface area contributed by atoms with Crippen molar-refractivity contribution in [2.24, 2.45) is 5.92 Å². The van der Waals surface area contributed by atoms with Crippen molar-refractivity contribution < 1.29 is 9.84 Å². The smallest absolute Gasteiger partial charge is 0.0531 e. The highest BCUT2D eigenvalue weighted by molar-refractivity contribution is 4.62. The molecule has 0 aliphatic rings. The maximum Gasteiger partial charge on any atom is 0.0531 e. The van der Waals surface area contributed by atoms with Crippen molar-refractivity contribution in [1.29, 1.82) is 0 Å². The lowest BCUT2D eigenvalue weighted by molar-refractivity contribution is 0.0337. The predicted molar refractivity (Wildman–Crippen MR) is 54.8 cm³/mol. The zero-order chi connectivity index (χ0) is 10.3. The van der Waals surface area contributed by atoms with Gasteiger partial charge in [0.25, 0.3) is 0 Å². The molecule has 0 saturated carbocycles. The summed E-state index contributed by atoms with van der Waals surface area (Å²) in [6.07, 6.45) is 0.244. The average Bonchev–Trinajstić information content (AvgIpc) is 2.04. The summed E-state index contributed by atoms with van der Waals surface area (Å²) in [6, 6.07) is 0.466. The van der Waals surface area contributed by atoms with Crippen LogP contribution < -0.4 is 5.32 Å². The van der Waals surface area contributed by atoms with Crippen molar-refractivity contribution in [3.63, 3.8) is 0 Å². The van der Waals surface area contributed by atoms with Gasteiger partial charge in [-0.2, -0.15) is 0 Å². The Morgan fingerprint density at radius 1 is 1.23 bits per heavy atom. The van der Waals surface area contributed by atoms with Crippen LogP contribution in [-0.4, -0.2) is 37.0 Å². The Hall–Kier alpha value is -0.120. The summed E-state index contributed by atoms with van der Waals surface area (Å²) in [5.74, 6) is 0.213. The van der Waals surface area contributed by atoms with Crippen LogP contribution in [-0.2, 0) is 4.74 Å². The molecule has 3 heteroatoms. The zero-order valence-corrected chi connectivity index (χ0v) is 9.21. The highest BCUT2D eigenvalue weighted by atomic mass is 16.5. The molecule has 13 heavy (non-hydrogen) atoms. The van der Waals surface area contributed by atoms with Gasteiger partial charge < -0.3 is 15.2 Å². The minimum atomic E-state index is 0.187. The Labute approximate surface area is 81.5 Å². The number of aliphatic hydroxyl groups excluding tert-OH is 1. The third-order valence-electron chi connectivity index (χ3n) is 1.74. The van der Waals surface area contributed by atoms with E-state index in [2.05, 4.69) is 19.2 Å². The molecule has 0 bridgehead atoms. The molecule has 0 aliphatic heterocycles. The predicted octanol–water partition coefficient (Wildman–Crippen LogP) is 1.02. The second-order valence-corrected chi connectivity index (χ2v) is 3.99. The Balaban J connectivity index is 3.51. The van der Waals surface area contributed by atoms with Crippen LogP contribution in [0, 0.1) is 5.92 Å². The second-order valence-electron chi connectivity index (χ2n) is 3.99. The van der Waals surface area contributed by atoms with E-state index in [9.17, 15) is 0 Å². The Bertz CT molecular complexity index is 103. The first-order chi connectivity index (χ1) is 6.06.